The Bertz CT molecular complexity index is 35.4. The summed E-state index contributed by atoms with van der Waals surface area (Å²) in [4.78, 5) is 0. The molecule has 0 aliphatic heterocycles. The smallest absolute Gasteiger partial charge is 0.138 e. The topological polar surface area (TPSA) is 16.6 Å². The summed E-state index contributed by atoms with van der Waals surface area (Å²) in [6.45, 7) is 0.579. The fourth-order valence-electron chi connectivity index (χ4n) is 0.443. The second kappa shape index (κ2) is 6.82. The molecule has 0 fully saturated rings. The molecule has 0 atom stereocenters. The van der Waals surface area contributed by atoms with Gasteiger partial charge < -0.3 is 5.32 Å². The summed E-state index contributed by atoms with van der Waals surface area (Å²) in [6.07, 6.45) is 0.542. The highest BCUT2D eigenvalue weighted by atomic mass is 19.1. The van der Waals surface area contributed by atoms with Crippen molar-refractivity contribution < 1.29 is 14.1 Å². The third-order valence-corrected chi connectivity index (χ3v) is 0.855. The predicted molar refractivity (Wildman–Crippen MR) is 28.2 cm³/mol. The second-order valence-corrected chi connectivity index (χ2v) is 1.60. The molecular formula is C5H12F2N+. The highest BCUT2D eigenvalue weighted by Gasteiger charge is 1.87. The van der Waals surface area contributed by atoms with Crippen molar-refractivity contribution >= 4 is 0 Å². The molecule has 1 nitrogen and oxygen atoms in total. The minimum Gasteiger partial charge on any atom is -0.344 e. The van der Waals surface area contributed by atoms with Gasteiger partial charge in [-0.1, -0.05) is 0 Å². The van der Waals surface area contributed by atoms with E-state index in [-0.39, 0.29) is 13.3 Å². The fraction of sp³-hybridized carbons (Fsp3) is 1.00. The van der Waals surface area contributed by atoms with E-state index < -0.39 is 0 Å². The third kappa shape index (κ3) is 5.82. The molecule has 8 heavy (non-hydrogen) atoms. The number of hydrogen-bond acceptors (Lipinski definition) is 0. The van der Waals surface area contributed by atoms with Crippen LogP contribution >= 0.6 is 0 Å². The Kier molecular flexibility index (Phi) is 6.67. The van der Waals surface area contributed by atoms with Crippen molar-refractivity contribution in [2.75, 3.05) is 26.4 Å². The van der Waals surface area contributed by atoms with Gasteiger partial charge in [0.25, 0.3) is 0 Å². The average Bonchev–Trinajstić information content (AvgIpc) is 1.81. The maximum atomic E-state index is 11.3. The van der Waals surface area contributed by atoms with E-state index in [1.165, 1.54) is 0 Å². The predicted octanol–water partition coefficient (Wildman–Crippen LogP) is -0.121. The molecule has 2 N–H and O–H groups in total. The van der Waals surface area contributed by atoms with Gasteiger partial charge in [0.1, 0.15) is 13.2 Å². The van der Waals surface area contributed by atoms with Crippen LogP contribution in [0, 0.1) is 0 Å². The quantitative estimate of drug-likeness (QED) is 0.492. The van der Waals surface area contributed by atoms with Crippen LogP contribution < -0.4 is 5.32 Å². The Morgan fingerprint density at radius 3 is 2.25 bits per heavy atom. The SMILES string of the molecule is FCCC[NH2+]CCF. The third-order valence-electron chi connectivity index (χ3n) is 0.855. The van der Waals surface area contributed by atoms with E-state index >= 15 is 0 Å². The van der Waals surface area contributed by atoms with Gasteiger partial charge in [0.05, 0.1) is 13.2 Å². The van der Waals surface area contributed by atoms with Gasteiger partial charge in [-0.3, -0.25) is 4.39 Å². The molecule has 0 aliphatic carbocycles. The highest BCUT2D eigenvalue weighted by Crippen LogP contribution is 1.70. The Hall–Kier alpha value is -0.180. The lowest BCUT2D eigenvalue weighted by molar-refractivity contribution is -0.655. The van der Waals surface area contributed by atoms with Crippen molar-refractivity contribution in [3.8, 4) is 0 Å². The minimum atomic E-state index is -0.313. The molecule has 0 aromatic rings. The van der Waals surface area contributed by atoms with Gasteiger partial charge in [0.2, 0.25) is 0 Å². The largest absolute Gasteiger partial charge is 0.344 e. The van der Waals surface area contributed by atoms with Crippen LogP contribution in [0.5, 0.6) is 0 Å². The molecule has 0 aromatic heterocycles. The zero-order valence-corrected chi connectivity index (χ0v) is 4.87. The lowest BCUT2D eigenvalue weighted by Gasteiger charge is -1.92. The van der Waals surface area contributed by atoms with Crippen LogP contribution in [0.3, 0.4) is 0 Å². The van der Waals surface area contributed by atoms with E-state index in [4.69, 9.17) is 0 Å². The van der Waals surface area contributed by atoms with Gasteiger partial charge in [-0.15, -0.1) is 0 Å². The lowest BCUT2D eigenvalue weighted by atomic mass is 10.4. The first-order valence-corrected chi connectivity index (χ1v) is 2.85. The number of hydrogen-bond donors (Lipinski definition) is 1. The summed E-state index contributed by atoms with van der Waals surface area (Å²) < 4.78 is 22.6. The molecule has 0 saturated heterocycles. The maximum absolute atomic E-state index is 11.3. The van der Waals surface area contributed by atoms with Crippen molar-refractivity contribution in [2.45, 2.75) is 6.42 Å². The van der Waals surface area contributed by atoms with Crippen LogP contribution in [0.15, 0.2) is 0 Å². The standard InChI is InChI=1S/C5H11F2N/c6-2-1-4-8-5-3-7/h8H,1-5H2/p+1. The molecule has 0 saturated carbocycles. The molecular weight excluding hydrogens is 112 g/mol. The molecule has 3 heteroatoms. The van der Waals surface area contributed by atoms with Gasteiger partial charge in [-0.05, 0) is 0 Å². The molecule has 0 heterocycles. The fourth-order valence-corrected chi connectivity index (χ4v) is 0.443. The Balaban J connectivity index is 2.53. The molecule has 0 aromatic carbocycles. The second-order valence-electron chi connectivity index (χ2n) is 1.60. The first-order chi connectivity index (χ1) is 3.91. The maximum Gasteiger partial charge on any atom is 0.138 e. The molecule has 0 unspecified atom stereocenters. The summed E-state index contributed by atoms with van der Waals surface area (Å²) in [5.74, 6) is 0. The number of rotatable bonds is 5. The lowest BCUT2D eigenvalue weighted by Crippen LogP contribution is -2.85. The van der Waals surface area contributed by atoms with Crippen molar-refractivity contribution in [3.05, 3.63) is 0 Å². The monoisotopic (exact) mass is 124 g/mol. The molecule has 0 rings (SSSR count). The zero-order valence-electron chi connectivity index (χ0n) is 4.87. The number of quaternary nitrogens is 1. The van der Waals surface area contributed by atoms with Gasteiger partial charge >= 0.3 is 0 Å². The van der Waals surface area contributed by atoms with Crippen molar-refractivity contribution in [1.82, 2.24) is 0 Å². The zero-order chi connectivity index (χ0) is 6.24. The van der Waals surface area contributed by atoms with Crippen molar-refractivity contribution in [3.63, 3.8) is 0 Å². The molecule has 0 amide bonds. The van der Waals surface area contributed by atoms with E-state index in [1.54, 1.807) is 5.32 Å². The summed E-state index contributed by atoms with van der Waals surface area (Å²) >= 11 is 0. The minimum absolute atomic E-state index is 0.289. The van der Waals surface area contributed by atoms with Gasteiger partial charge in [-0.2, -0.15) is 0 Å². The van der Waals surface area contributed by atoms with Crippen molar-refractivity contribution in [2.24, 2.45) is 0 Å². The normalized spacial score (nSPS) is 9.75. The summed E-state index contributed by atoms with van der Waals surface area (Å²) in [7, 11) is 0. The molecule has 0 bridgehead atoms. The summed E-state index contributed by atoms with van der Waals surface area (Å²) in [6, 6.07) is 0. The Labute approximate surface area is 48.1 Å². The number of nitrogens with two attached hydrogens (primary N) is 1. The highest BCUT2D eigenvalue weighted by molar-refractivity contribution is 4.25. The molecule has 50 valence electrons. The van der Waals surface area contributed by atoms with Crippen molar-refractivity contribution in [1.29, 1.82) is 0 Å². The Morgan fingerprint density at radius 1 is 1.00 bits per heavy atom. The number of halogens is 2. The molecule has 0 aliphatic rings. The van der Waals surface area contributed by atoms with Crippen LogP contribution in [0.1, 0.15) is 6.42 Å². The first-order valence-electron chi connectivity index (χ1n) is 2.85. The van der Waals surface area contributed by atoms with Gasteiger partial charge in [0, 0.05) is 6.42 Å². The molecule has 0 radical (unpaired) electrons. The van der Waals surface area contributed by atoms with E-state index in [0.717, 1.165) is 0 Å². The Morgan fingerprint density at radius 2 is 1.75 bits per heavy atom. The molecule has 0 spiro atoms. The summed E-state index contributed by atoms with van der Waals surface area (Å²) in [5, 5.41) is 1.78. The van der Waals surface area contributed by atoms with E-state index in [1.807, 2.05) is 0 Å². The van der Waals surface area contributed by atoms with Crippen LogP contribution in [-0.4, -0.2) is 26.4 Å². The van der Waals surface area contributed by atoms with E-state index in [9.17, 15) is 8.78 Å². The summed E-state index contributed by atoms with van der Waals surface area (Å²) in [5.41, 5.74) is 0. The van der Waals surface area contributed by atoms with E-state index in [2.05, 4.69) is 0 Å². The first kappa shape index (κ1) is 7.82. The number of alkyl halides is 2. The average molecular weight is 124 g/mol. The van der Waals surface area contributed by atoms with Crippen LogP contribution in [0.4, 0.5) is 8.78 Å². The van der Waals surface area contributed by atoms with E-state index in [0.29, 0.717) is 19.5 Å². The van der Waals surface area contributed by atoms with Gasteiger partial charge in [-0.25, -0.2) is 4.39 Å². The van der Waals surface area contributed by atoms with Crippen LogP contribution in [0.25, 0.3) is 0 Å². The van der Waals surface area contributed by atoms with Crippen LogP contribution in [0.2, 0.25) is 0 Å². The van der Waals surface area contributed by atoms with Crippen LogP contribution in [-0.2, 0) is 0 Å². The van der Waals surface area contributed by atoms with Gasteiger partial charge in [0.15, 0.2) is 0 Å².